The molecule has 2 heterocycles. The van der Waals surface area contributed by atoms with Gasteiger partial charge in [0.05, 0.1) is 6.33 Å². The molecule has 0 aliphatic heterocycles. The molecule has 0 radical (unpaired) electrons. The summed E-state index contributed by atoms with van der Waals surface area (Å²) in [5, 5.41) is 18.7. The Kier molecular flexibility index (Phi) is 4.26. The minimum absolute atomic E-state index is 0.0418. The molecule has 20 heavy (non-hydrogen) atoms. The fourth-order valence-electron chi connectivity index (χ4n) is 1.42. The van der Waals surface area contributed by atoms with Gasteiger partial charge in [-0.2, -0.15) is 0 Å². The summed E-state index contributed by atoms with van der Waals surface area (Å²) in [7, 11) is 0. The minimum atomic E-state index is -1.09. The van der Waals surface area contributed by atoms with E-state index in [1.807, 2.05) is 0 Å². The average molecular weight is 296 g/mol. The quantitative estimate of drug-likeness (QED) is 0.829. The monoisotopic (exact) mass is 295 g/mol. The number of carboxylic acids is 1. The number of imidazole rings is 1. The fourth-order valence-corrected chi connectivity index (χ4v) is 1.52. The molecule has 104 valence electrons. The van der Waals surface area contributed by atoms with E-state index in [2.05, 4.69) is 20.5 Å². The first-order valence-corrected chi connectivity index (χ1v) is 5.96. The van der Waals surface area contributed by atoms with Gasteiger partial charge in [-0.05, 0) is 12.1 Å². The number of rotatable bonds is 5. The number of hydrogen-bond donors (Lipinski definition) is 2. The molecule has 0 unspecified atom stereocenters. The molecule has 0 aliphatic carbocycles. The van der Waals surface area contributed by atoms with Gasteiger partial charge in [0.1, 0.15) is 0 Å². The summed E-state index contributed by atoms with van der Waals surface area (Å²) in [6.45, 7) is 0.700. The van der Waals surface area contributed by atoms with Crippen molar-refractivity contribution in [2.24, 2.45) is 0 Å². The topological polar surface area (TPSA) is 110 Å². The van der Waals surface area contributed by atoms with Gasteiger partial charge in [-0.25, -0.2) is 9.78 Å². The predicted molar refractivity (Wildman–Crippen MR) is 68.6 cm³/mol. The largest absolute Gasteiger partial charge is 0.476 e. The van der Waals surface area contributed by atoms with Crippen LogP contribution in [0.2, 0.25) is 5.15 Å². The van der Waals surface area contributed by atoms with Crippen LogP contribution in [0.1, 0.15) is 21.0 Å². The van der Waals surface area contributed by atoms with Crippen LogP contribution in [0.25, 0.3) is 0 Å². The van der Waals surface area contributed by atoms with Gasteiger partial charge in [-0.1, -0.05) is 11.6 Å². The van der Waals surface area contributed by atoms with Crippen LogP contribution in [-0.4, -0.2) is 43.3 Å². The smallest absolute Gasteiger partial charge is 0.356 e. The molecule has 2 aromatic heterocycles. The Hall–Kier alpha value is -2.48. The van der Waals surface area contributed by atoms with Crippen LogP contribution in [0, 0.1) is 0 Å². The van der Waals surface area contributed by atoms with Gasteiger partial charge in [0.25, 0.3) is 5.91 Å². The van der Waals surface area contributed by atoms with Crippen molar-refractivity contribution in [3.05, 3.63) is 41.2 Å². The molecule has 9 heteroatoms. The number of halogens is 1. The number of aromatic carboxylic acids is 1. The third-order valence-electron chi connectivity index (χ3n) is 2.37. The van der Waals surface area contributed by atoms with Gasteiger partial charge in [0, 0.05) is 19.3 Å². The molecule has 0 saturated heterocycles. The van der Waals surface area contributed by atoms with E-state index in [1.165, 1.54) is 24.7 Å². The summed E-state index contributed by atoms with van der Waals surface area (Å²) in [4.78, 5) is 26.0. The van der Waals surface area contributed by atoms with Crippen molar-refractivity contribution in [3.63, 3.8) is 0 Å². The molecule has 0 bridgehead atoms. The van der Waals surface area contributed by atoms with Gasteiger partial charge < -0.3 is 15.0 Å². The van der Waals surface area contributed by atoms with Crippen molar-refractivity contribution < 1.29 is 14.7 Å². The molecule has 2 rings (SSSR count). The third-order valence-corrected chi connectivity index (χ3v) is 2.57. The van der Waals surface area contributed by atoms with Crippen molar-refractivity contribution in [1.29, 1.82) is 0 Å². The Bertz CT molecular complexity index is 625. The summed E-state index contributed by atoms with van der Waals surface area (Å²) in [5.41, 5.74) is 0.117. The number of nitrogens with one attached hydrogen (secondary N) is 1. The molecule has 2 N–H and O–H groups in total. The highest BCUT2D eigenvalue weighted by molar-refractivity contribution is 6.29. The number of carboxylic acid groups (broad SMARTS) is 1. The number of carbonyl (C=O) groups excluding carboxylic acids is 1. The van der Waals surface area contributed by atoms with Crippen molar-refractivity contribution in [1.82, 2.24) is 25.1 Å². The summed E-state index contributed by atoms with van der Waals surface area (Å²) in [6, 6.07) is 2.93. The van der Waals surface area contributed by atoms with Gasteiger partial charge in [-0.15, -0.1) is 10.2 Å². The first kappa shape index (κ1) is 13.9. The van der Waals surface area contributed by atoms with E-state index in [-0.39, 0.29) is 22.4 Å². The normalized spacial score (nSPS) is 10.2. The van der Waals surface area contributed by atoms with Crippen LogP contribution in [0.15, 0.2) is 24.7 Å². The lowest BCUT2D eigenvalue weighted by Crippen LogP contribution is -2.27. The molecule has 0 fully saturated rings. The third kappa shape index (κ3) is 3.51. The molecule has 8 nitrogen and oxygen atoms in total. The predicted octanol–water partition coefficient (Wildman–Crippen LogP) is 0.455. The van der Waals surface area contributed by atoms with Gasteiger partial charge in [0.15, 0.2) is 16.5 Å². The zero-order valence-corrected chi connectivity index (χ0v) is 10.9. The Morgan fingerprint density at radius 1 is 1.30 bits per heavy atom. The highest BCUT2D eigenvalue weighted by Crippen LogP contribution is 2.02. The number of carbonyl (C=O) groups is 2. The van der Waals surface area contributed by atoms with E-state index >= 15 is 0 Å². The molecule has 0 atom stereocenters. The van der Waals surface area contributed by atoms with E-state index < -0.39 is 5.97 Å². The minimum Gasteiger partial charge on any atom is -0.476 e. The highest BCUT2D eigenvalue weighted by Gasteiger charge is 2.08. The lowest BCUT2D eigenvalue weighted by atomic mass is 10.3. The summed E-state index contributed by atoms with van der Waals surface area (Å²) in [6.07, 6.45) is 2.77. The molecule has 0 spiro atoms. The van der Waals surface area contributed by atoms with Gasteiger partial charge >= 0.3 is 5.97 Å². The Labute approximate surface area is 118 Å². The van der Waals surface area contributed by atoms with Crippen LogP contribution < -0.4 is 5.32 Å². The highest BCUT2D eigenvalue weighted by atomic mass is 35.5. The Balaban J connectivity index is 1.84. The maximum atomic E-state index is 11.7. The summed E-state index contributed by atoms with van der Waals surface area (Å²) < 4.78 is 1.57. The molecular formula is C11H10ClN5O3. The van der Waals surface area contributed by atoms with Crippen molar-refractivity contribution >= 4 is 23.5 Å². The summed E-state index contributed by atoms with van der Waals surface area (Å²) >= 11 is 5.57. The zero-order chi connectivity index (χ0) is 14.5. The average Bonchev–Trinajstić information content (AvgIpc) is 2.88. The second-order valence-corrected chi connectivity index (χ2v) is 4.19. The van der Waals surface area contributed by atoms with E-state index in [9.17, 15) is 9.59 Å². The van der Waals surface area contributed by atoms with E-state index in [4.69, 9.17) is 16.7 Å². The van der Waals surface area contributed by atoms with Crippen molar-refractivity contribution in [3.8, 4) is 0 Å². The summed E-state index contributed by atoms with van der Waals surface area (Å²) in [5.74, 6) is -1.48. The van der Waals surface area contributed by atoms with E-state index in [1.54, 1.807) is 4.57 Å². The van der Waals surface area contributed by atoms with Crippen LogP contribution in [0.4, 0.5) is 0 Å². The lowest BCUT2D eigenvalue weighted by Gasteiger charge is -2.04. The second kappa shape index (κ2) is 6.11. The Morgan fingerprint density at radius 3 is 2.70 bits per heavy atom. The lowest BCUT2D eigenvalue weighted by molar-refractivity contribution is 0.0690. The maximum Gasteiger partial charge on any atom is 0.356 e. The number of hydrogen-bond acceptors (Lipinski definition) is 5. The molecule has 2 aromatic rings. The van der Waals surface area contributed by atoms with Crippen LogP contribution in [-0.2, 0) is 6.54 Å². The SMILES string of the molecule is O=C(O)c1cn(CCNC(=O)c2ccc(Cl)nn2)cn1. The van der Waals surface area contributed by atoms with Crippen molar-refractivity contribution in [2.75, 3.05) is 6.54 Å². The maximum absolute atomic E-state index is 11.7. The molecule has 0 aliphatic rings. The van der Waals surface area contributed by atoms with Gasteiger partial charge in [-0.3, -0.25) is 4.79 Å². The second-order valence-electron chi connectivity index (χ2n) is 3.80. The van der Waals surface area contributed by atoms with Crippen LogP contribution in [0.3, 0.4) is 0 Å². The van der Waals surface area contributed by atoms with Gasteiger partial charge in [0.2, 0.25) is 0 Å². The molecule has 0 aromatic carbocycles. The zero-order valence-electron chi connectivity index (χ0n) is 10.2. The van der Waals surface area contributed by atoms with Crippen LogP contribution in [0.5, 0.6) is 0 Å². The molecular weight excluding hydrogens is 286 g/mol. The van der Waals surface area contributed by atoms with Crippen molar-refractivity contribution in [2.45, 2.75) is 6.54 Å². The number of aromatic nitrogens is 4. The fraction of sp³-hybridized carbons (Fsp3) is 0.182. The van der Waals surface area contributed by atoms with E-state index in [0.29, 0.717) is 13.1 Å². The van der Waals surface area contributed by atoms with Crippen LogP contribution >= 0.6 is 11.6 Å². The standard InChI is InChI=1S/C11H10ClN5O3/c12-9-2-1-7(15-16-9)10(18)13-3-4-17-5-8(11(19)20)14-6-17/h1-2,5-6H,3-4H2,(H,13,18)(H,19,20). The first-order valence-electron chi connectivity index (χ1n) is 5.59. The Morgan fingerprint density at radius 2 is 2.10 bits per heavy atom. The molecule has 1 amide bonds. The van der Waals surface area contributed by atoms with E-state index in [0.717, 1.165) is 0 Å². The molecule has 0 saturated carbocycles. The number of amides is 1. The first-order chi connectivity index (χ1) is 9.56. The number of nitrogens with zero attached hydrogens (tertiary/aromatic N) is 4.